The number of nitrogens with one attached hydrogen (secondary N) is 2. The summed E-state index contributed by atoms with van der Waals surface area (Å²) in [4.78, 5) is 0. The molecule has 3 N–H and O–H groups in total. The predicted molar refractivity (Wildman–Crippen MR) is 114 cm³/mol. The van der Waals surface area contributed by atoms with Gasteiger partial charge in [-0.15, -0.1) is 10.2 Å². The normalized spacial score (nSPS) is 16.8. The number of rotatable bonds is 6. The van der Waals surface area contributed by atoms with E-state index in [0.717, 1.165) is 31.2 Å². The zero-order valence-electron chi connectivity index (χ0n) is 16.2. The number of nitriles is 1. The van der Waals surface area contributed by atoms with Crippen molar-refractivity contribution in [3.05, 3.63) is 76.7 Å². The van der Waals surface area contributed by atoms with E-state index in [1.807, 2.05) is 36.4 Å². The van der Waals surface area contributed by atoms with Gasteiger partial charge in [-0.05, 0) is 47.7 Å². The van der Waals surface area contributed by atoms with Gasteiger partial charge in [-0.25, -0.2) is 0 Å². The molecule has 1 aliphatic carbocycles. The summed E-state index contributed by atoms with van der Waals surface area (Å²) < 4.78 is 0. The first-order valence-corrected chi connectivity index (χ1v) is 10.2. The molecule has 1 atom stereocenters. The molecule has 1 aliphatic rings. The molecule has 0 amide bonds. The molecule has 0 bridgehead atoms. The summed E-state index contributed by atoms with van der Waals surface area (Å²) in [7, 11) is 0. The van der Waals surface area contributed by atoms with Crippen molar-refractivity contribution in [1.82, 2.24) is 20.6 Å². The van der Waals surface area contributed by atoms with Crippen LogP contribution in [0.5, 0.6) is 0 Å². The minimum absolute atomic E-state index is 0.0653. The zero-order valence-corrected chi connectivity index (χ0v) is 17.0. The number of aromatic nitrogens is 4. The van der Waals surface area contributed by atoms with E-state index in [-0.39, 0.29) is 17.3 Å². The van der Waals surface area contributed by atoms with Gasteiger partial charge in [0.15, 0.2) is 0 Å². The number of hydrogen-bond acceptors (Lipinski definition) is 6. The number of H-pyrrole nitrogens is 1. The summed E-state index contributed by atoms with van der Waals surface area (Å²) in [5, 5.41) is 38.8. The van der Waals surface area contributed by atoms with Gasteiger partial charge >= 0.3 is 0 Å². The second kappa shape index (κ2) is 8.66. The molecule has 4 rings (SSSR count). The molecule has 0 radical (unpaired) electrons. The second-order valence-corrected chi connectivity index (χ2v) is 7.79. The van der Waals surface area contributed by atoms with Gasteiger partial charge in [0.2, 0.25) is 5.82 Å². The van der Waals surface area contributed by atoms with E-state index in [0.29, 0.717) is 16.3 Å². The molecule has 0 aliphatic heterocycles. The van der Waals surface area contributed by atoms with Gasteiger partial charge in [-0.2, -0.15) is 10.5 Å². The van der Waals surface area contributed by atoms with Crippen LogP contribution in [0.2, 0.25) is 5.02 Å². The van der Waals surface area contributed by atoms with E-state index < -0.39 is 5.60 Å². The molecule has 1 fully saturated rings. The highest BCUT2D eigenvalue weighted by atomic mass is 35.5. The first-order valence-electron chi connectivity index (χ1n) is 9.81. The lowest BCUT2D eigenvalue weighted by atomic mass is 9.74. The lowest BCUT2D eigenvalue weighted by molar-refractivity contribution is 0.0195. The maximum Gasteiger partial charge on any atom is 0.216 e. The fraction of sp³-hybridized carbons (Fsp3) is 0.273. The lowest BCUT2D eigenvalue weighted by Gasteiger charge is -2.36. The Balaban J connectivity index is 1.80. The highest BCUT2D eigenvalue weighted by molar-refractivity contribution is 6.30. The summed E-state index contributed by atoms with van der Waals surface area (Å²) >= 11 is 6.35. The number of benzene rings is 2. The molecule has 1 aromatic heterocycles. The molecule has 8 heteroatoms. The van der Waals surface area contributed by atoms with Crippen LogP contribution in [0.25, 0.3) is 5.57 Å². The van der Waals surface area contributed by atoms with Gasteiger partial charge in [-0.1, -0.05) is 54.8 Å². The molecule has 1 heterocycles. The quantitative estimate of drug-likeness (QED) is 0.514. The number of hydrogen-bond donors (Lipinski definition) is 3. The first kappa shape index (κ1) is 20.1. The van der Waals surface area contributed by atoms with Crippen LogP contribution in [0.3, 0.4) is 0 Å². The van der Waals surface area contributed by atoms with Crippen LogP contribution in [-0.2, 0) is 5.60 Å². The average Bonchev–Trinajstić information content (AvgIpc) is 3.50. The molecule has 1 unspecified atom stereocenters. The SMILES string of the molecule is N#CC(=CNc1ccc(Cl)cc1C(O)(c1ccccc1)C1CCCC1)c1nn[nH]n1. The van der Waals surface area contributed by atoms with E-state index in [1.165, 1.54) is 6.20 Å². The van der Waals surface area contributed by atoms with Crippen LogP contribution in [0.1, 0.15) is 42.6 Å². The molecule has 1 saturated carbocycles. The standard InChI is InChI=1S/C22H21ClN6O/c23-18-10-11-20(25-14-15(13-24)21-26-28-29-27-21)19(12-18)22(30,17-8-4-5-9-17)16-6-2-1-3-7-16/h1-3,6-7,10-12,14,17,25,30H,4-5,8-9H2,(H,26,27,28,29). The van der Waals surface area contributed by atoms with Gasteiger partial charge < -0.3 is 10.4 Å². The molecule has 2 aromatic carbocycles. The smallest absolute Gasteiger partial charge is 0.216 e. The van der Waals surface area contributed by atoms with Gasteiger partial charge in [0.25, 0.3) is 0 Å². The van der Waals surface area contributed by atoms with Gasteiger partial charge in [-0.3, -0.25) is 0 Å². The van der Waals surface area contributed by atoms with E-state index in [4.69, 9.17) is 11.6 Å². The zero-order chi connectivity index (χ0) is 21.0. The first-order chi connectivity index (χ1) is 14.6. The maximum atomic E-state index is 12.1. The molecule has 0 saturated heterocycles. The second-order valence-electron chi connectivity index (χ2n) is 7.35. The van der Waals surface area contributed by atoms with Crippen molar-refractivity contribution in [3.8, 4) is 6.07 Å². The van der Waals surface area contributed by atoms with Crippen molar-refractivity contribution in [2.45, 2.75) is 31.3 Å². The van der Waals surface area contributed by atoms with Crippen molar-refractivity contribution in [2.75, 3.05) is 5.32 Å². The topological polar surface area (TPSA) is 111 Å². The Morgan fingerprint density at radius 3 is 2.67 bits per heavy atom. The third kappa shape index (κ3) is 3.80. The number of aliphatic hydroxyl groups is 1. The highest BCUT2D eigenvalue weighted by Crippen LogP contribution is 2.47. The van der Waals surface area contributed by atoms with Crippen molar-refractivity contribution < 1.29 is 5.11 Å². The van der Waals surface area contributed by atoms with Crippen molar-refractivity contribution in [2.24, 2.45) is 5.92 Å². The van der Waals surface area contributed by atoms with E-state index >= 15 is 0 Å². The van der Waals surface area contributed by atoms with Gasteiger partial charge in [0.1, 0.15) is 17.2 Å². The number of nitrogens with zero attached hydrogens (tertiary/aromatic N) is 4. The summed E-state index contributed by atoms with van der Waals surface area (Å²) in [6, 6.07) is 17.1. The summed E-state index contributed by atoms with van der Waals surface area (Å²) in [5.41, 5.74) is 1.17. The Kier molecular flexibility index (Phi) is 5.79. The number of tetrazole rings is 1. The Labute approximate surface area is 179 Å². The molecule has 7 nitrogen and oxygen atoms in total. The molecule has 3 aromatic rings. The van der Waals surface area contributed by atoms with Crippen LogP contribution in [0.15, 0.2) is 54.7 Å². The Morgan fingerprint density at radius 1 is 1.23 bits per heavy atom. The summed E-state index contributed by atoms with van der Waals surface area (Å²) in [6.07, 6.45) is 5.54. The van der Waals surface area contributed by atoms with Crippen LogP contribution in [-0.4, -0.2) is 25.7 Å². The third-order valence-electron chi connectivity index (χ3n) is 5.63. The van der Waals surface area contributed by atoms with Gasteiger partial charge in [0, 0.05) is 22.5 Å². The predicted octanol–water partition coefficient (Wildman–Crippen LogP) is 4.26. The van der Waals surface area contributed by atoms with Crippen molar-refractivity contribution in [3.63, 3.8) is 0 Å². The molecular weight excluding hydrogens is 400 g/mol. The summed E-state index contributed by atoms with van der Waals surface area (Å²) in [5.74, 6) is 0.255. The average molecular weight is 421 g/mol. The van der Waals surface area contributed by atoms with Crippen LogP contribution >= 0.6 is 11.6 Å². The Hall–Kier alpha value is -3.21. The van der Waals surface area contributed by atoms with E-state index in [2.05, 4.69) is 32.0 Å². The van der Waals surface area contributed by atoms with E-state index in [1.54, 1.807) is 12.1 Å². The number of halogens is 1. The number of aromatic amines is 1. The number of anilines is 1. The lowest BCUT2D eigenvalue weighted by Crippen LogP contribution is -2.35. The van der Waals surface area contributed by atoms with Gasteiger partial charge in [0.05, 0.1) is 0 Å². The third-order valence-corrected chi connectivity index (χ3v) is 5.87. The summed E-state index contributed by atoms with van der Waals surface area (Å²) in [6.45, 7) is 0. The molecule has 152 valence electrons. The largest absolute Gasteiger partial charge is 0.380 e. The molecule has 30 heavy (non-hydrogen) atoms. The Morgan fingerprint density at radius 2 is 2.00 bits per heavy atom. The minimum Gasteiger partial charge on any atom is -0.380 e. The monoisotopic (exact) mass is 420 g/mol. The van der Waals surface area contributed by atoms with Crippen LogP contribution in [0.4, 0.5) is 5.69 Å². The minimum atomic E-state index is -1.21. The molecular formula is C22H21ClN6O. The van der Waals surface area contributed by atoms with Crippen molar-refractivity contribution in [1.29, 1.82) is 5.26 Å². The highest BCUT2D eigenvalue weighted by Gasteiger charge is 2.42. The fourth-order valence-electron chi connectivity index (χ4n) is 4.18. The van der Waals surface area contributed by atoms with Crippen LogP contribution < -0.4 is 5.32 Å². The van der Waals surface area contributed by atoms with Crippen LogP contribution in [0, 0.1) is 17.2 Å². The molecule has 0 spiro atoms. The Bertz CT molecular complexity index is 1070. The fourth-order valence-corrected chi connectivity index (χ4v) is 4.35. The maximum absolute atomic E-state index is 12.1. The van der Waals surface area contributed by atoms with E-state index in [9.17, 15) is 10.4 Å². The van der Waals surface area contributed by atoms with Crippen molar-refractivity contribution >= 4 is 22.9 Å². The number of allylic oxidation sites excluding steroid dienone is 1.